The number of halogens is 1. The highest BCUT2D eigenvalue weighted by Crippen LogP contribution is 2.36. The van der Waals surface area contributed by atoms with Crippen LogP contribution >= 0.6 is 38.6 Å². The fourth-order valence-electron chi connectivity index (χ4n) is 1.34. The van der Waals surface area contributed by atoms with Gasteiger partial charge in [0.1, 0.15) is 0 Å². The quantitative estimate of drug-likeness (QED) is 0.794. The van der Waals surface area contributed by atoms with Gasteiger partial charge in [-0.25, -0.2) is 9.78 Å². The molecule has 0 N–H and O–H groups in total. The molecule has 0 unspecified atom stereocenters. The molecular weight excluding hydrogens is 322 g/mol. The molecule has 2 rings (SSSR count). The summed E-state index contributed by atoms with van der Waals surface area (Å²) in [6.07, 6.45) is 0. The third-order valence-electron chi connectivity index (χ3n) is 2.04. The third kappa shape index (κ3) is 2.75. The van der Waals surface area contributed by atoms with Gasteiger partial charge in [0.15, 0.2) is 0 Å². The number of ether oxygens (including phenoxy) is 1. The second-order valence-corrected chi connectivity index (χ2v) is 6.72. The molecule has 90 valence electrons. The summed E-state index contributed by atoms with van der Waals surface area (Å²) in [7, 11) is 0. The molecule has 0 aliphatic rings. The van der Waals surface area contributed by atoms with Crippen molar-refractivity contribution >= 4 is 44.6 Å². The van der Waals surface area contributed by atoms with E-state index in [0.29, 0.717) is 11.6 Å². The molecule has 6 heteroatoms. The van der Waals surface area contributed by atoms with Crippen molar-refractivity contribution in [2.45, 2.75) is 13.8 Å². The summed E-state index contributed by atoms with van der Waals surface area (Å²) in [5, 5.41) is 0.420. The average Bonchev–Trinajstić information content (AvgIpc) is 2.85. The molecule has 0 aliphatic carbocycles. The molecule has 2 heterocycles. The van der Waals surface area contributed by atoms with Gasteiger partial charge in [0, 0.05) is 4.88 Å². The lowest BCUT2D eigenvalue weighted by molar-refractivity contribution is 0.0526. The summed E-state index contributed by atoms with van der Waals surface area (Å²) in [6, 6.07) is 4.01. The van der Waals surface area contributed by atoms with E-state index < -0.39 is 0 Å². The number of nitrogens with zero attached hydrogens (tertiary/aromatic N) is 1. The van der Waals surface area contributed by atoms with Gasteiger partial charge >= 0.3 is 5.97 Å². The summed E-state index contributed by atoms with van der Waals surface area (Å²) >= 11 is 6.43. The number of carbonyl (C=O) groups excluding carboxylic acids is 1. The Balaban J connectivity index is 2.34. The van der Waals surface area contributed by atoms with E-state index in [-0.39, 0.29) is 5.97 Å². The zero-order valence-corrected chi connectivity index (χ0v) is 12.5. The van der Waals surface area contributed by atoms with Gasteiger partial charge < -0.3 is 4.74 Å². The smallest absolute Gasteiger partial charge is 0.367 e. The Kier molecular flexibility index (Phi) is 3.96. The predicted molar refractivity (Wildman–Crippen MR) is 73.8 cm³/mol. The van der Waals surface area contributed by atoms with Crippen molar-refractivity contribution in [3.8, 4) is 9.75 Å². The van der Waals surface area contributed by atoms with Crippen LogP contribution < -0.4 is 0 Å². The van der Waals surface area contributed by atoms with Crippen LogP contribution in [0.5, 0.6) is 0 Å². The first-order valence-corrected chi connectivity index (χ1v) is 7.44. The Morgan fingerprint density at radius 3 is 2.82 bits per heavy atom. The summed E-state index contributed by atoms with van der Waals surface area (Å²) in [4.78, 5) is 18.0. The van der Waals surface area contributed by atoms with E-state index in [9.17, 15) is 4.79 Å². The average molecular weight is 332 g/mol. The lowest BCUT2D eigenvalue weighted by Crippen LogP contribution is -2.03. The molecule has 0 radical (unpaired) electrons. The molecule has 0 spiro atoms. The number of esters is 1. The number of thiophene rings is 1. The molecule has 0 bridgehead atoms. The summed E-state index contributed by atoms with van der Waals surface area (Å²) < 4.78 is 6.01. The summed E-state index contributed by atoms with van der Waals surface area (Å²) in [6.45, 7) is 4.06. The number of hydrogen-bond donors (Lipinski definition) is 0. The molecule has 0 amide bonds. The minimum atomic E-state index is -0.345. The second-order valence-electron chi connectivity index (χ2n) is 3.26. The molecule has 0 atom stereocenters. The van der Waals surface area contributed by atoms with Crippen molar-refractivity contribution in [2.75, 3.05) is 6.61 Å². The maximum atomic E-state index is 11.6. The standard InChI is InChI=1S/C11H10BrNO2S2/c1-3-15-11(14)10-13-6(2)9(17-10)7-4-5-8(12)16-7/h4-5H,3H2,1-2H3. The Morgan fingerprint density at radius 1 is 1.47 bits per heavy atom. The van der Waals surface area contributed by atoms with Gasteiger partial charge in [-0.1, -0.05) is 0 Å². The molecule has 17 heavy (non-hydrogen) atoms. The molecule has 0 saturated carbocycles. The molecule has 3 nitrogen and oxygen atoms in total. The topological polar surface area (TPSA) is 39.2 Å². The molecular formula is C11H10BrNO2S2. The highest BCUT2D eigenvalue weighted by Gasteiger charge is 2.17. The number of rotatable bonds is 3. The van der Waals surface area contributed by atoms with E-state index in [1.807, 2.05) is 19.1 Å². The van der Waals surface area contributed by atoms with E-state index in [0.717, 1.165) is 19.2 Å². The van der Waals surface area contributed by atoms with Crippen LogP contribution in [0.15, 0.2) is 15.9 Å². The van der Waals surface area contributed by atoms with Gasteiger partial charge in [-0.3, -0.25) is 0 Å². The number of hydrogen-bond acceptors (Lipinski definition) is 5. The Hall–Kier alpha value is -0.720. The monoisotopic (exact) mass is 331 g/mol. The van der Waals surface area contributed by atoms with Crippen LogP contribution in [-0.2, 0) is 4.74 Å². The van der Waals surface area contributed by atoms with Gasteiger partial charge in [-0.2, -0.15) is 0 Å². The Morgan fingerprint density at radius 2 is 2.24 bits per heavy atom. The third-order valence-corrected chi connectivity index (χ3v) is 4.98. The van der Waals surface area contributed by atoms with Crippen LogP contribution in [0.1, 0.15) is 22.4 Å². The van der Waals surface area contributed by atoms with Gasteiger partial charge in [0.25, 0.3) is 0 Å². The van der Waals surface area contributed by atoms with Crippen molar-refractivity contribution in [3.63, 3.8) is 0 Å². The lowest BCUT2D eigenvalue weighted by Gasteiger charge is -1.95. The zero-order valence-electron chi connectivity index (χ0n) is 9.32. The van der Waals surface area contributed by atoms with Crippen LogP contribution in [0.2, 0.25) is 0 Å². The molecule has 2 aromatic rings. The number of aryl methyl sites for hydroxylation is 1. The second kappa shape index (κ2) is 5.29. The van der Waals surface area contributed by atoms with Crippen molar-refractivity contribution < 1.29 is 9.53 Å². The van der Waals surface area contributed by atoms with Crippen LogP contribution in [-0.4, -0.2) is 17.6 Å². The number of carbonyl (C=O) groups is 1. The van der Waals surface area contributed by atoms with Crippen molar-refractivity contribution in [2.24, 2.45) is 0 Å². The fourth-order valence-corrected chi connectivity index (χ4v) is 3.85. The van der Waals surface area contributed by atoms with Gasteiger partial charge in [0.2, 0.25) is 5.01 Å². The lowest BCUT2D eigenvalue weighted by atomic mass is 10.3. The van der Waals surface area contributed by atoms with Crippen molar-refractivity contribution in [1.29, 1.82) is 0 Å². The van der Waals surface area contributed by atoms with Crippen LogP contribution in [0.25, 0.3) is 9.75 Å². The first kappa shape index (κ1) is 12.7. The normalized spacial score (nSPS) is 10.5. The Bertz CT molecular complexity index is 547. The van der Waals surface area contributed by atoms with E-state index in [1.54, 1.807) is 18.3 Å². The van der Waals surface area contributed by atoms with Crippen LogP contribution in [0.3, 0.4) is 0 Å². The highest BCUT2D eigenvalue weighted by molar-refractivity contribution is 9.11. The maximum absolute atomic E-state index is 11.6. The first-order valence-electron chi connectivity index (χ1n) is 5.02. The molecule has 0 aliphatic heterocycles. The summed E-state index contributed by atoms with van der Waals surface area (Å²) in [5.74, 6) is -0.345. The van der Waals surface area contributed by atoms with Crippen LogP contribution in [0.4, 0.5) is 0 Å². The maximum Gasteiger partial charge on any atom is 0.367 e. The largest absolute Gasteiger partial charge is 0.461 e. The minimum Gasteiger partial charge on any atom is -0.461 e. The molecule has 0 aromatic carbocycles. The van der Waals surface area contributed by atoms with E-state index >= 15 is 0 Å². The van der Waals surface area contributed by atoms with Gasteiger partial charge in [0.05, 0.1) is 21.0 Å². The van der Waals surface area contributed by atoms with E-state index in [1.165, 1.54) is 11.3 Å². The number of thiazole rings is 1. The zero-order chi connectivity index (χ0) is 12.4. The Labute approximate surface area is 116 Å². The predicted octanol–water partition coefficient (Wildman–Crippen LogP) is 4.12. The van der Waals surface area contributed by atoms with Crippen molar-refractivity contribution in [1.82, 2.24) is 4.98 Å². The van der Waals surface area contributed by atoms with Gasteiger partial charge in [-0.05, 0) is 41.9 Å². The van der Waals surface area contributed by atoms with Gasteiger partial charge in [-0.15, -0.1) is 22.7 Å². The summed E-state index contributed by atoms with van der Waals surface area (Å²) in [5.41, 5.74) is 0.868. The van der Waals surface area contributed by atoms with Crippen LogP contribution in [0, 0.1) is 6.92 Å². The van der Waals surface area contributed by atoms with E-state index in [2.05, 4.69) is 20.9 Å². The molecule has 2 aromatic heterocycles. The fraction of sp³-hybridized carbons (Fsp3) is 0.273. The molecule has 0 saturated heterocycles. The van der Waals surface area contributed by atoms with E-state index in [4.69, 9.17) is 4.74 Å². The first-order chi connectivity index (χ1) is 8.11. The highest BCUT2D eigenvalue weighted by atomic mass is 79.9. The molecule has 0 fully saturated rings. The van der Waals surface area contributed by atoms with Crippen molar-refractivity contribution in [3.05, 3.63) is 26.6 Å². The number of aromatic nitrogens is 1. The SMILES string of the molecule is CCOC(=O)c1nc(C)c(-c2ccc(Br)s2)s1. The minimum absolute atomic E-state index is 0.345.